The lowest BCUT2D eigenvalue weighted by atomic mass is 10.1. The van der Waals surface area contributed by atoms with Crippen molar-refractivity contribution < 1.29 is 5.11 Å². The summed E-state index contributed by atoms with van der Waals surface area (Å²) in [6.45, 7) is 4.02. The van der Waals surface area contributed by atoms with Gasteiger partial charge in [0.15, 0.2) is 0 Å². The maximum absolute atomic E-state index is 9.16. The molecule has 3 heteroatoms. The predicted molar refractivity (Wildman–Crippen MR) is 68.2 cm³/mol. The number of hydrogen-bond acceptors (Lipinski definition) is 3. The van der Waals surface area contributed by atoms with Gasteiger partial charge in [-0.3, -0.25) is 0 Å². The fraction of sp³-hybridized carbons (Fsp3) is 0.143. The highest BCUT2D eigenvalue weighted by Gasteiger charge is 1.99. The molecule has 0 aliphatic heterocycles. The van der Waals surface area contributed by atoms with E-state index in [-0.39, 0.29) is 5.75 Å². The van der Waals surface area contributed by atoms with Crippen LogP contribution in [0.25, 0.3) is 0 Å². The van der Waals surface area contributed by atoms with Gasteiger partial charge in [0.25, 0.3) is 0 Å². The van der Waals surface area contributed by atoms with Gasteiger partial charge in [-0.25, -0.2) is 0 Å². The van der Waals surface area contributed by atoms with Crippen LogP contribution in [0, 0.1) is 13.8 Å². The van der Waals surface area contributed by atoms with E-state index < -0.39 is 0 Å². The molecule has 1 N–H and O–H groups in total. The van der Waals surface area contributed by atoms with Crippen molar-refractivity contribution in [3.05, 3.63) is 53.6 Å². The maximum Gasteiger partial charge on any atom is 0.115 e. The van der Waals surface area contributed by atoms with E-state index in [1.165, 1.54) is 0 Å². The van der Waals surface area contributed by atoms with Crippen molar-refractivity contribution in [3.8, 4) is 5.75 Å². The Labute approximate surface area is 100 Å². The van der Waals surface area contributed by atoms with E-state index in [1.807, 2.05) is 32.0 Å². The van der Waals surface area contributed by atoms with Crippen LogP contribution in [0.1, 0.15) is 11.1 Å². The minimum absolute atomic E-state index is 0.232. The van der Waals surface area contributed by atoms with Gasteiger partial charge < -0.3 is 5.11 Å². The van der Waals surface area contributed by atoms with E-state index in [1.54, 1.807) is 24.3 Å². The lowest BCUT2D eigenvalue weighted by molar-refractivity contribution is 0.475. The predicted octanol–water partition coefficient (Wildman–Crippen LogP) is 4.42. The van der Waals surface area contributed by atoms with Crippen LogP contribution in [0.3, 0.4) is 0 Å². The number of benzene rings is 2. The Morgan fingerprint density at radius 2 is 1.41 bits per heavy atom. The molecule has 0 heterocycles. The molecule has 0 aromatic heterocycles. The molecule has 2 aromatic carbocycles. The Hall–Kier alpha value is -2.16. The molecule has 3 nitrogen and oxygen atoms in total. The van der Waals surface area contributed by atoms with Crippen molar-refractivity contribution in [2.45, 2.75) is 13.8 Å². The molecule has 0 unspecified atom stereocenters. The molecule has 0 aliphatic carbocycles. The zero-order valence-electron chi connectivity index (χ0n) is 9.88. The molecule has 2 rings (SSSR count). The van der Waals surface area contributed by atoms with Crippen LogP contribution in [-0.2, 0) is 0 Å². The summed E-state index contributed by atoms with van der Waals surface area (Å²) < 4.78 is 0. The van der Waals surface area contributed by atoms with Gasteiger partial charge in [-0.1, -0.05) is 18.2 Å². The van der Waals surface area contributed by atoms with Crippen LogP contribution in [0.5, 0.6) is 5.75 Å². The van der Waals surface area contributed by atoms with Gasteiger partial charge in [0.2, 0.25) is 0 Å². The Balaban J connectivity index is 2.29. The average Bonchev–Trinajstić information content (AvgIpc) is 2.31. The van der Waals surface area contributed by atoms with Gasteiger partial charge in [0.1, 0.15) is 5.75 Å². The number of hydrogen-bond donors (Lipinski definition) is 1. The molecule has 17 heavy (non-hydrogen) atoms. The molecular formula is C14H14N2O. The highest BCUT2D eigenvalue weighted by atomic mass is 16.3. The summed E-state index contributed by atoms with van der Waals surface area (Å²) in [5, 5.41) is 17.6. The number of phenols is 1. The molecule has 0 bridgehead atoms. The number of nitrogens with zero attached hydrogens (tertiary/aromatic N) is 2. The van der Waals surface area contributed by atoms with E-state index in [9.17, 15) is 0 Å². The summed E-state index contributed by atoms with van der Waals surface area (Å²) >= 11 is 0. The van der Waals surface area contributed by atoms with Crippen LogP contribution in [0.4, 0.5) is 11.4 Å². The molecule has 0 aliphatic rings. The quantitative estimate of drug-likeness (QED) is 0.756. The van der Waals surface area contributed by atoms with Gasteiger partial charge in [-0.15, -0.1) is 0 Å². The highest BCUT2D eigenvalue weighted by molar-refractivity contribution is 5.52. The first-order valence-corrected chi connectivity index (χ1v) is 5.44. The van der Waals surface area contributed by atoms with Gasteiger partial charge in [0.05, 0.1) is 11.4 Å². The average molecular weight is 226 g/mol. The van der Waals surface area contributed by atoms with Gasteiger partial charge in [-0.2, -0.15) is 10.2 Å². The Morgan fingerprint density at radius 1 is 0.824 bits per heavy atom. The first-order chi connectivity index (χ1) is 8.16. The summed E-state index contributed by atoms with van der Waals surface area (Å²) in [7, 11) is 0. The minimum atomic E-state index is 0.232. The van der Waals surface area contributed by atoms with Crippen molar-refractivity contribution >= 4 is 11.4 Å². The van der Waals surface area contributed by atoms with Gasteiger partial charge in [0, 0.05) is 0 Å². The summed E-state index contributed by atoms with van der Waals surface area (Å²) in [6, 6.07) is 12.7. The van der Waals surface area contributed by atoms with Crippen molar-refractivity contribution in [1.29, 1.82) is 0 Å². The second kappa shape index (κ2) is 4.78. The molecule has 0 saturated heterocycles. The van der Waals surface area contributed by atoms with Gasteiger partial charge in [-0.05, 0) is 49.2 Å². The number of azo groups is 1. The zero-order chi connectivity index (χ0) is 12.3. The third-order valence-electron chi connectivity index (χ3n) is 2.55. The smallest absolute Gasteiger partial charge is 0.115 e. The lowest BCUT2D eigenvalue weighted by Gasteiger charge is -2.02. The fourth-order valence-electron chi connectivity index (χ4n) is 1.59. The maximum atomic E-state index is 9.16. The van der Waals surface area contributed by atoms with Crippen molar-refractivity contribution in [1.82, 2.24) is 0 Å². The van der Waals surface area contributed by atoms with Crippen molar-refractivity contribution in [2.24, 2.45) is 10.2 Å². The fourth-order valence-corrected chi connectivity index (χ4v) is 1.59. The molecule has 2 aromatic rings. The van der Waals surface area contributed by atoms with Gasteiger partial charge >= 0.3 is 0 Å². The second-order valence-corrected chi connectivity index (χ2v) is 3.96. The zero-order valence-corrected chi connectivity index (χ0v) is 9.88. The Morgan fingerprint density at radius 3 is 2.00 bits per heavy atom. The summed E-state index contributed by atoms with van der Waals surface area (Å²) in [6.07, 6.45) is 0. The van der Waals surface area contributed by atoms with Crippen LogP contribution in [0.2, 0.25) is 0 Å². The highest BCUT2D eigenvalue weighted by Crippen LogP contribution is 2.26. The van der Waals surface area contributed by atoms with E-state index in [2.05, 4.69) is 10.2 Å². The summed E-state index contributed by atoms with van der Waals surface area (Å²) in [4.78, 5) is 0. The number of aryl methyl sites for hydroxylation is 2. The van der Waals surface area contributed by atoms with Crippen LogP contribution >= 0.6 is 0 Å². The second-order valence-electron chi connectivity index (χ2n) is 3.96. The third kappa shape index (κ3) is 2.69. The van der Waals surface area contributed by atoms with Crippen LogP contribution in [0.15, 0.2) is 52.7 Å². The Kier molecular flexibility index (Phi) is 3.19. The van der Waals surface area contributed by atoms with Crippen LogP contribution in [-0.4, -0.2) is 5.11 Å². The van der Waals surface area contributed by atoms with Crippen molar-refractivity contribution in [2.75, 3.05) is 0 Å². The lowest BCUT2D eigenvalue weighted by Crippen LogP contribution is -1.78. The number of aromatic hydroxyl groups is 1. The molecule has 0 spiro atoms. The Bertz CT molecular complexity index is 524. The monoisotopic (exact) mass is 226 g/mol. The molecule has 0 saturated carbocycles. The molecule has 0 radical (unpaired) electrons. The topological polar surface area (TPSA) is 45.0 Å². The summed E-state index contributed by atoms with van der Waals surface area (Å²) in [5.74, 6) is 0.232. The SMILES string of the molecule is Cc1cccc(C)c1N=Nc1ccc(O)cc1. The molecule has 86 valence electrons. The largest absolute Gasteiger partial charge is 0.508 e. The normalized spacial score (nSPS) is 10.9. The summed E-state index contributed by atoms with van der Waals surface area (Å²) in [5.41, 5.74) is 3.84. The molecule has 0 amide bonds. The van der Waals surface area contributed by atoms with Crippen LogP contribution < -0.4 is 0 Å². The van der Waals surface area contributed by atoms with E-state index >= 15 is 0 Å². The number of phenolic OH excluding ortho intramolecular Hbond substituents is 1. The third-order valence-corrected chi connectivity index (χ3v) is 2.55. The first kappa shape index (κ1) is 11.3. The molecule has 0 atom stereocenters. The standard InChI is InChI=1S/C14H14N2O/c1-10-4-3-5-11(2)14(10)16-15-12-6-8-13(17)9-7-12/h3-9,17H,1-2H3. The van der Waals surface area contributed by atoms with Crippen molar-refractivity contribution in [3.63, 3.8) is 0 Å². The number of rotatable bonds is 2. The molecule has 0 fully saturated rings. The van der Waals surface area contributed by atoms with E-state index in [0.717, 1.165) is 22.5 Å². The van der Waals surface area contributed by atoms with E-state index in [0.29, 0.717) is 0 Å². The first-order valence-electron chi connectivity index (χ1n) is 5.44. The minimum Gasteiger partial charge on any atom is -0.508 e. The molecular weight excluding hydrogens is 212 g/mol. The van der Waals surface area contributed by atoms with E-state index in [4.69, 9.17) is 5.11 Å².